The molecule has 0 aliphatic rings. The maximum atomic E-state index is 12.5. The Kier molecular flexibility index (Phi) is 4.44. The Balaban J connectivity index is 1.95. The predicted octanol–water partition coefficient (Wildman–Crippen LogP) is 1.36. The quantitative estimate of drug-likeness (QED) is 0.518. The summed E-state index contributed by atoms with van der Waals surface area (Å²) in [6.45, 7) is 0. The Morgan fingerprint density at radius 2 is 1.85 bits per heavy atom. The number of carbonyl (C=O) groups is 2. The molecule has 0 spiro atoms. The number of amides is 1. The Morgan fingerprint density at radius 1 is 1.12 bits per heavy atom. The van der Waals surface area contributed by atoms with Crippen LogP contribution < -0.4 is 16.6 Å². The first-order chi connectivity index (χ1) is 12.5. The van der Waals surface area contributed by atoms with E-state index in [1.54, 1.807) is 24.5 Å². The summed E-state index contributed by atoms with van der Waals surface area (Å²) in [5.74, 6) is -1.90. The smallest absolute Gasteiger partial charge is 0.335 e. The summed E-state index contributed by atoms with van der Waals surface area (Å²) in [5, 5.41) is 17.7. The largest absolute Gasteiger partial charge is 0.478 e. The zero-order valence-corrected chi connectivity index (χ0v) is 13.3. The maximum absolute atomic E-state index is 12.5. The second-order valence-corrected chi connectivity index (χ2v) is 5.29. The minimum Gasteiger partial charge on any atom is -0.478 e. The Hall–Kier alpha value is -4.01. The van der Waals surface area contributed by atoms with Gasteiger partial charge in [0, 0.05) is 18.0 Å². The van der Waals surface area contributed by atoms with Gasteiger partial charge >= 0.3 is 5.97 Å². The number of benzene rings is 1. The molecule has 3 aromatic rings. The highest BCUT2D eigenvalue weighted by atomic mass is 16.4. The molecule has 0 atom stereocenters. The van der Waals surface area contributed by atoms with Gasteiger partial charge in [-0.05, 0) is 36.4 Å². The van der Waals surface area contributed by atoms with Gasteiger partial charge in [-0.25, -0.2) is 9.89 Å². The van der Waals surface area contributed by atoms with Crippen molar-refractivity contribution in [3.05, 3.63) is 70.3 Å². The summed E-state index contributed by atoms with van der Waals surface area (Å²) < 4.78 is 0. The molecule has 3 rings (SSSR count). The van der Waals surface area contributed by atoms with Crippen molar-refractivity contribution >= 4 is 23.3 Å². The number of hydrogen-bond acceptors (Lipinski definition) is 6. The minimum absolute atomic E-state index is 0.0457. The number of aromatic amines is 1. The van der Waals surface area contributed by atoms with Crippen LogP contribution in [0.5, 0.6) is 0 Å². The molecule has 26 heavy (non-hydrogen) atoms. The van der Waals surface area contributed by atoms with Crippen LogP contribution in [0.3, 0.4) is 0 Å². The van der Waals surface area contributed by atoms with E-state index >= 15 is 0 Å². The molecule has 0 fully saturated rings. The number of carboxylic acids is 1. The molecule has 9 heteroatoms. The summed E-state index contributed by atoms with van der Waals surface area (Å²) in [6.07, 6.45) is 3.11. The number of hydrogen-bond donors (Lipinski definition) is 4. The normalized spacial score (nSPS) is 10.3. The fraction of sp³-hybridized carbons (Fsp3) is 0. The molecule has 5 N–H and O–H groups in total. The molecule has 0 saturated carbocycles. The third kappa shape index (κ3) is 3.41. The molecule has 0 bridgehead atoms. The molecule has 0 aliphatic heterocycles. The second kappa shape index (κ2) is 6.85. The van der Waals surface area contributed by atoms with E-state index in [2.05, 4.69) is 20.5 Å². The molecule has 2 heterocycles. The van der Waals surface area contributed by atoms with E-state index in [9.17, 15) is 14.4 Å². The van der Waals surface area contributed by atoms with Crippen molar-refractivity contribution < 1.29 is 14.7 Å². The molecule has 0 radical (unpaired) electrons. The second-order valence-electron chi connectivity index (χ2n) is 5.29. The summed E-state index contributed by atoms with van der Waals surface area (Å²) in [6, 6.07) is 8.58. The van der Waals surface area contributed by atoms with E-state index in [-0.39, 0.29) is 22.5 Å². The SMILES string of the molecule is Nc1ccc(C(=O)O)cc1NC(=O)c1cc(-c2ccncc2)n[nH]c1=O. The number of nitrogen functional groups attached to an aromatic ring is 1. The summed E-state index contributed by atoms with van der Waals surface area (Å²) in [7, 11) is 0. The van der Waals surface area contributed by atoms with Crippen LogP contribution in [0.1, 0.15) is 20.7 Å². The number of pyridine rings is 1. The number of anilines is 2. The predicted molar refractivity (Wildman–Crippen MR) is 93.9 cm³/mol. The average molecular weight is 351 g/mol. The topological polar surface area (TPSA) is 151 Å². The highest BCUT2D eigenvalue weighted by Crippen LogP contribution is 2.21. The zero-order valence-electron chi connectivity index (χ0n) is 13.3. The van der Waals surface area contributed by atoms with E-state index in [0.29, 0.717) is 11.3 Å². The number of H-pyrrole nitrogens is 1. The average Bonchev–Trinajstić information content (AvgIpc) is 2.64. The fourth-order valence-electron chi connectivity index (χ4n) is 2.23. The Bertz CT molecular complexity index is 1050. The van der Waals surface area contributed by atoms with Gasteiger partial charge in [0.05, 0.1) is 22.6 Å². The van der Waals surface area contributed by atoms with Crippen molar-refractivity contribution in [3.8, 4) is 11.3 Å². The molecule has 2 aromatic heterocycles. The maximum Gasteiger partial charge on any atom is 0.335 e. The van der Waals surface area contributed by atoms with E-state index in [1.165, 1.54) is 24.3 Å². The van der Waals surface area contributed by atoms with Gasteiger partial charge in [-0.1, -0.05) is 0 Å². The number of carboxylic acid groups (broad SMARTS) is 1. The van der Waals surface area contributed by atoms with Gasteiger partial charge in [-0.15, -0.1) is 0 Å². The van der Waals surface area contributed by atoms with Crippen LogP contribution >= 0.6 is 0 Å². The van der Waals surface area contributed by atoms with Gasteiger partial charge in [0.2, 0.25) is 0 Å². The van der Waals surface area contributed by atoms with Crippen molar-refractivity contribution in [2.24, 2.45) is 0 Å². The van der Waals surface area contributed by atoms with Gasteiger partial charge in [0.1, 0.15) is 5.56 Å². The minimum atomic E-state index is -1.16. The van der Waals surface area contributed by atoms with E-state index < -0.39 is 17.4 Å². The number of nitrogens with two attached hydrogens (primary N) is 1. The van der Waals surface area contributed by atoms with Crippen LogP contribution in [0, 0.1) is 0 Å². The summed E-state index contributed by atoms with van der Waals surface area (Å²) in [4.78, 5) is 39.4. The third-order valence-corrected chi connectivity index (χ3v) is 3.57. The molecular weight excluding hydrogens is 338 g/mol. The number of aromatic carboxylic acids is 1. The Morgan fingerprint density at radius 3 is 2.54 bits per heavy atom. The molecule has 0 saturated heterocycles. The molecule has 130 valence electrons. The lowest BCUT2D eigenvalue weighted by atomic mass is 10.1. The number of carbonyl (C=O) groups excluding carboxylic acids is 1. The van der Waals surface area contributed by atoms with Gasteiger partial charge < -0.3 is 16.2 Å². The molecule has 1 amide bonds. The highest BCUT2D eigenvalue weighted by Gasteiger charge is 2.16. The van der Waals surface area contributed by atoms with Crippen LogP contribution in [-0.4, -0.2) is 32.2 Å². The van der Waals surface area contributed by atoms with Crippen molar-refractivity contribution in [2.75, 3.05) is 11.1 Å². The fourth-order valence-corrected chi connectivity index (χ4v) is 2.23. The molecule has 0 unspecified atom stereocenters. The van der Waals surface area contributed by atoms with Crippen molar-refractivity contribution in [2.45, 2.75) is 0 Å². The zero-order chi connectivity index (χ0) is 18.7. The van der Waals surface area contributed by atoms with Gasteiger partial charge in [0.15, 0.2) is 0 Å². The first-order valence-corrected chi connectivity index (χ1v) is 7.40. The van der Waals surface area contributed by atoms with Crippen LogP contribution in [0.15, 0.2) is 53.6 Å². The highest BCUT2D eigenvalue weighted by molar-refractivity contribution is 6.06. The van der Waals surface area contributed by atoms with Crippen molar-refractivity contribution in [1.82, 2.24) is 15.2 Å². The lowest BCUT2D eigenvalue weighted by Gasteiger charge is -2.09. The van der Waals surface area contributed by atoms with Gasteiger partial charge in [0.25, 0.3) is 11.5 Å². The van der Waals surface area contributed by atoms with E-state index in [1.807, 2.05) is 0 Å². The van der Waals surface area contributed by atoms with Crippen molar-refractivity contribution in [3.63, 3.8) is 0 Å². The summed E-state index contributed by atoms with van der Waals surface area (Å²) in [5.41, 5.74) is 6.15. The molecular formula is C17H13N5O4. The lowest BCUT2D eigenvalue weighted by molar-refractivity contribution is 0.0696. The molecule has 0 aliphatic carbocycles. The van der Waals surface area contributed by atoms with Crippen LogP contribution in [0.25, 0.3) is 11.3 Å². The van der Waals surface area contributed by atoms with E-state index in [0.717, 1.165) is 0 Å². The monoisotopic (exact) mass is 351 g/mol. The van der Waals surface area contributed by atoms with E-state index in [4.69, 9.17) is 10.8 Å². The first-order valence-electron chi connectivity index (χ1n) is 7.40. The summed E-state index contributed by atoms with van der Waals surface area (Å²) >= 11 is 0. The number of rotatable bonds is 4. The number of nitrogens with zero attached hydrogens (tertiary/aromatic N) is 2. The number of nitrogens with one attached hydrogen (secondary N) is 2. The molecule has 1 aromatic carbocycles. The van der Waals surface area contributed by atoms with Crippen LogP contribution in [0.4, 0.5) is 11.4 Å². The van der Waals surface area contributed by atoms with Gasteiger partial charge in [-0.2, -0.15) is 5.10 Å². The molecule has 9 nitrogen and oxygen atoms in total. The van der Waals surface area contributed by atoms with Crippen molar-refractivity contribution in [1.29, 1.82) is 0 Å². The Labute approximate surface area is 146 Å². The third-order valence-electron chi connectivity index (χ3n) is 3.57. The van der Waals surface area contributed by atoms with Crippen LogP contribution in [-0.2, 0) is 0 Å². The first kappa shape index (κ1) is 16.8. The standard InChI is InChI=1S/C17H13N5O4/c18-12-2-1-10(17(25)26)7-14(12)20-15(23)11-8-13(21-22-16(11)24)9-3-5-19-6-4-9/h1-8H,18H2,(H,20,23)(H,22,24)(H,25,26). The number of aromatic nitrogens is 3. The van der Waals surface area contributed by atoms with Crippen LogP contribution in [0.2, 0.25) is 0 Å². The van der Waals surface area contributed by atoms with Gasteiger partial charge in [-0.3, -0.25) is 14.6 Å². The lowest BCUT2D eigenvalue weighted by Crippen LogP contribution is -2.24.